The van der Waals surface area contributed by atoms with Crippen LogP contribution in [0.5, 0.6) is 0 Å². The number of aryl methyl sites for hydroxylation is 2. The van der Waals surface area contributed by atoms with Crippen LogP contribution in [0.1, 0.15) is 77.0 Å². The van der Waals surface area contributed by atoms with E-state index in [0.717, 1.165) is 13.1 Å². The Morgan fingerprint density at radius 1 is 0.438 bits per heavy atom. The van der Waals surface area contributed by atoms with Gasteiger partial charge in [-0.05, 0) is 12.8 Å². The molecule has 4 nitrogen and oxygen atoms in total. The number of nitrogens with zero attached hydrogens (tertiary/aromatic N) is 4. The lowest BCUT2D eigenvalue weighted by Gasteiger charge is -2.10. The van der Waals surface area contributed by atoms with Crippen LogP contribution in [0, 0.1) is 0 Å². The van der Waals surface area contributed by atoms with E-state index in [9.17, 15) is 0 Å². The molecule has 0 aliphatic heterocycles. The Morgan fingerprint density at radius 3 is 0.938 bits per heavy atom. The first-order chi connectivity index (χ1) is 15.6. The van der Waals surface area contributed by atoms with Gasteiger partial charge in [0, 0.05) is 76.7 Å². The fraction of sp³-hybridized carbons (Fsp3) is 0.643. The zero-order valence-electron chi connectivity index (χ0n) is 21.3. The molecule has 2 aromatic rings. The summed E-state index contributed by atoms with van der Waals surface area (Å²) >= 11 is 0. The molecule has 0 saturated heterocycles. The lowest BCUT2D eigenvalue weighted by atomic mass is 10.1. The van der Waals surface area contributed by atoms with E-state index in [-0.39, 0.29) is 0 Å². The lowest BCUT2D eigenvalue weighted by Crippen LogP contribution is -2.32. The van der Waals surface area contributed by atoms with Crippen molar-refractivity contribution in [3.05, 3.63) is 49.1 Å². The van der Waals surface area contributed by atoms with Crippen LogP contribution >= 0.6 is 0 Å². The van der Waals surface area contributed by atoms with E-state index in [1.54, 1.807) is 0 Å². The van der Waals surface area contributed by atoms with Crippen molar-refractivity contribution in [2.24, 2.45) is 0 Å². The first kappa shape index (κ1) is 26.2. The summed E-state index contributed by atoms with van der Waals surface area (Å²) in [5.74, 6) is 0. The molecule has 178 valence electrons. The van der Waals surface area contributed by atoms with Gasteiger partial charge in [-0.2, -0.15) is 0 Å². The summed E-state index contributed by atoms with van der Waals surface area (Å²) in [4.78, 5) is 4.30. The van der Waals surface area contributed by atoms with Gasteiger partial charge in [-0.1, -0.05) is 51.4 Å². The first-order valence-electron chi connectivity index (χ1n) is 12.9. The minimum atomic E-state index is 1.15. The average Bonchev–Trinajstić information content (AvgIpc) is 2.80. The van der Waals surface area contributed by atoms with E-state index in [2.05, 4.69) is 96.2 Å². The fourth-order valence-corrected chi connectivity index (χ4v) is 4.15. The number of pyridine rings is 2. The average molecular weight is 441 g/mol. The van der Waals surface area contributed by atoms with Gasteiger partial charge in [0.25, 0.3) is 0 Å². The second kappa shape index (κ2) is 15.7. The number of hydrogen-bond donors (Lipinski definition) is 0. The first-order valence-corrected chi connectivity index (χ1v) is 12.9. The van der Waals surface area contributed by atoms with Gasteiger partial charge in [-0.25, -0.2) is 9.13 Å². The topological polar surface area (TPSA) is 14.2 Å². The van der Waals surface area contributed by atoms with Gasteiger partial charge in [0.15, 0.2) is 24.8 Å². The van der Waals surface area contributed by atoms with Crippen molar-refractivity contribution in [2.45, 2.75) is 90.1 Å². The van der Waals surface area contributed by atoms with Crippen LogP contribution in [0.25, 0.3) is 0 Å². The number of aromatic nitrogens is 2. The Morgan fingerprint density at radius 2 is 0.688 bits per heavy atom. The maximum atomic E-state index is 2.31. The summed E-state index contributed by atoms with van der Waals surface area (Å²) in [6.07, 6.45) is 25.4. The molecular formula is C28H48N4+2. The highest BCUT2D eigenvalue weighted by molar-refractivity contribution is 5.41. The molecule has 32 heavy (non-hydrogen) atoms. The van der Waals surface area contributed by atoms with Crippen LogP contribution < -0.4 is 18.9 Å². The van der Waals surface area contributed by atoms with Crippen molar-refractivity contribution in [3.8, 4) is 0 Å². The van der Waals surface area contributed by atoms with Crippen molar-refractivity contribution in [1.29, 1.82) is 0 Å². The second-order valence-electron chi connectivity index (χ2n) is 9.62. The van der Waals surface area contributed by atoms with E-state index in [1.165, 1.54) is 88.4 Å². The molecular weight excluding hydrogens is 392 g/mol. The number of anilines is 2. The third kappa shape index (κ3) is 11.0. The normalized spacial score (nSPS) is 11.0. The van der Waals surface area contributed by atoms with Gasteiger partial charge in [0.05, 0.1) is 0 Å². The zero-order valence-corrected chi connectivity index (χ0v) is 21.3. The van der Waals surface area contributed by atoms with Gasteiger partial charge in [0.1, 0.15) is 13.1 Å². The minimum Gasteiger partial charge on any atom is -0.377 e. The van der Waals surface area contributed by atoms with E-state index in [1.807, 2.05) is 0 Å². The Kier molecular flexibility index (Phi) is 12.8. The minimum absolute atomic E-state index is 1.15. The molecule has 2 heterocycles. The molecule has 0 amide bonds. The summed E-state index contributed by atoms with van der Waals surface area (Å²) in [6, 6.07) is 8.79. The molecule has 4 heteroatoms. The number of rotatable bonds is 17. The van der Waals surface area contributed by atoms with E-state index >= 15 is 0 Å². The fourth-order valence-electron chi connectivity index (χ4n) is 4.15. The highest BCUT2D eigenvalue weighted by Crippen LogP contribution is 2.12. The Bertz CT molecular complexity index is 644. The summed E-state index contributed by atoms with van der Waals surface area (Å²) in [7, 11) is 8.36. The van der Waals surface area contributed by atoms with Gasteiger partial charge in [0.2, 0.25) is 0 Å². The van der Waals surface area contributed by atoms with Crippen molar-refractivity contribution in [2.75, 3.05) is 38.0 Å². The van der Waals surface area contributed by atoms with Crippen molar-refractivity contribution >= 4 is 11.4 Å². The molecule has 0 fully saturated rings. The van der Waals surface area contributed by atoms with Gasteiger partial charge < -0.3 is 9.80 Å². The van der Waals surface area contributed by atoms with Crippen molar-refractivity contribution in [3.63, 3.8) is 0 Å². The van der Waals surface area contributed by atoms with Crippen LogP contribution in [-0.2, 0) is 13.1 Å². The van der Waals surface area contributed by atoms with E-state index in [4.69, 9.17) is 0 Å². The van der Waals surface area contributed by atoms with Crippen LogP contribution in [-0.4, -0.2) is 28.2 Å². The maximum Gasteiger partial charge on any atom is 0.170 e. The molecule has 0 aliphatic carbocycles. The zero-order chi connectivity index (χ0) is 23.0. The number of hydrogen-bond acceptors (Lipinski definition) is 2. The highest BCUT2D eigenvalue weighted by atomic mass is 15.1. The van der Waals surface area contributed by atoms with Crippen LogP contribution in [0.2, 0.25) is 0 Å². The molecule has 0 saturated carbocycles. The summed E-state index contributed by atoms with van der Waals surface area (Å²) in [5.41, 5.74) is 2.54. The SMILES string of the molecule is CN(C)c1cc[n+](CCCCCCCCCCCCCC[n+]2ccc(N(C)C)cc2)cc1. The summed E-state index contributed by atoms with van der Waals surface area (Å²) in [5, 5.41) is 0. The quantitative estimate of drug-likeness (QED) is 0.229. The monoisotopic (exact) mass is 440 g/mol. The molecule has 2 rings (SSSR count). The number of unbranched alkanes of at least 4 members (excludes halogenated alkanes) is 11. The van der Waals surface area contributed by atoms with Crippen molar-refractivity contribution < 1.29 is 9.13 Å². The Labute approximate surface area is 197 Å². The Hall–Kier alpha value is -2.10. The third-order valence-corrected chi connectivity index (χ3v) is 6.36. The van der Waals surface area contributed by atoms with E-state index < -0.39 is 0 Å². The molecule has 0 atom stereocenters. The molecule has 0 aliphatic rings. The van der Waals surface area contributed by atoms with Crippen LogP contribution in [0.15, 0.2) is 49.1 Å². The lowest BCUT2D eigenvalue weighted by molar-refractivity contribution is -0.697. The van der Waals surface area contributed by atoms with Crippen molar-refractivity contribution in [1.82, 2.24) is 0 Å². The molecule has 0 spiro atoms. The van der Waals surface area contributed by atoms with Crippen LogP contribution in [0.4, 0.5) is 11.4 Å². The molecule has 2 aromatic heterocycles. The van der Waals surface area contributed by atoms with E-state index in [0.29, 0.717) is 0 Å². The third-order valence-electron chi connectivity index (χ3n) is 6.36. The summed E-state index contributed by atoms with van der Waals surface area (Å²) < 4.78 is 4.62. The predicted octanol–water partition coefficient (Wildman–Crippen LogP) is 5.78. The standard InChI is InChI=1S/C28H48N4/c1-29(2)27-17-23-31(24-18-27)21-15-13-11-9-7-5-6-8-10-12-14-16-22-32-25-19-28(20-26-32)30(3)4/h17-20,23-26H,5-16,21-22H2,1-4H3/q+2. The molecule has 0 radical (unpaired) electrons. The van der Waals surface area contributed by atoms with Gasteiger partial charge in [-0.15, -0.1) is 0 Å². The maximum absolute atomic E-state index is 2.31. The van der Waals surface area contributed by atoms with Gasteiger partial charge in [-0.3, -0.25) is 0 Å². The molecule has 0 bridgehead atoms. The Balaban J connectivity index is 1.34. The highest BCUT2D eigenvalue weighted by Gasteiger charge is 2.03. The van der Waals surface area contributed by atoms with Gasteiger partial charge >= 0.3 is 0 Å². The predicted molar refractivity (Wildman–Crippen MR) is 137 cm³/mol. The summed E-state index contributed by atoms with van der Waals surface area (Å²) in [6.45, 7) is 2.29. The molecule has 0 aromatic carbocycles. The second-order valence-corrected chi connectivity index (χ2v) is 9.62. The smallest absolute Gasteiger partial charge is 0.170 e. The van der Waals surface area contributed by atoms with Crippen LogP contribution in [0.3, 0.4) is 0 Å². The molecule has 0 N–H and O–H groups in total. The molecule has 0 unspecified atom stereocenters. The largest absolute Gasteiger partial charge is 0.377 e.